The second-order valence-corrected chi connectivity index (χ2v) is 4.22. The minimum absolute atomic E-state index is 0.899. The zero-order chi connectivity index (χ0) is 10.0. The molecule has 13 heavy (non-hydrogen) atoms. The van der Waals surface area contributed by atoms with Crippen LogP contribution in [0.2, 0.25) is 0 Å². The molecule has 1 radical (unpaired) electrons. The zero-order valence-corrected chi connectivity index (χ0v) is 10.4. The zero-order valence-electron chi connectivity index (χ0n) is 8.09. The molecule has 3 heteroatoms. The first kappa shape index (κ1) is 10.6. The van der Waals surface area contributed by atoms with Gasteiger partial charge in [-0.3, -0.25) is 0 Å². The van der Waals surface area contributed by atoms with Gasteiger partial charge < -0.3 is 0 Å². The van der Waals surface area contributed by atoms with Crippen LogP contribution in [0.1, 0.15) is 22.3 Å². The molecule has 0 heterocycles. The van der Waals surface area contributed by atoms with E-state index >= 15 is 0 Å². The molecule has 0 aliphatic heterocycles. The van der Waals surface area contributed by atoms with Gasteiger partial charge in [0.1, 0.15) is 0 Å². The van der Waals surface area contributed by atoms with E-state index in [4.69, 9.17) is 5.84 Å². The Kier molecular flexibility index (Phi) is 3.35. The summed E-state index contributed by atoms with van der Waals surface area (Å²) in [5, 5.41) is 3.71. The fraction of sp³-hybridized carbons (Fsp3) is 0.300. The van der Waals surface area contributed by atoms with E-state index in [1.165, 1.54) is 16.7 Å². The summed E-state index contributed by atoms with van der Waals surface area (Å²) in [5.41, 5.74) is 5.05. The number of nitrogens with two attached hydrogens (primary N) is 1. The van der Waals surface area contributed by atoms with Crippen LogP contribution in [0, 0.1) is 20.8 Å². The van der Waals surface area contributed by atoms with Gasteiger partial charge in [0.05, 0.1) is 0 Å². The van der Waals surface area contributed by atoms with Crippen LogP contribution in [0.15, 0.2) is 17.2 Å². The van der Waals surface area contributed by atoms with Gasteiger partial charge in [0.2, 0.25) is 0 Å². The number of nitrogens with zero attached hydrogens (tertiary/aromatic N) is 1. The van der Waals surface area contributed by atoms with E-state index in [1.807, 2.05) is 22.3 Å². The molecule has 1 aromatic carbocycles. The second kappa shape index (κ2) is 4.13. The van der Waals surface area contributed by atoms with Gasteiger partial charge in [0.25, 0.3) is 0 Å². The Morgan fingerprint density at radius 3 is 2.38 bits per heavy atom. The molecular weight excluding hydrogens is 276 g/mol. The van der Waals surface area contributed by atoms with Crippen LogP contribution in [0.5, 0.6) is 0 Å². The summed E-state index contributed by atoms with van der Waals surface area (Å²) in [6.07, 6.45) is 0. The van der Waals surface area contributed by atoms with Gasteiger partial charge in [0, 0.05) is 0 Å². The van der Waals surface area contributed by atoms with E-state index in [0.717, 1.165) is 9.32 Å². The summed E-state index contributed by atoms with van der Waals surface area (Å²) in [5.74, 6) is 5.25. The third-order valence-corrected chi connectivity index (χ3v) is 3.33. The molecule has 0 aromatic heterocycles. The van der Waals surface area contributed by atoms with E-state index < -0.39 is 0 Å². The Hall–Kier alpha value is -0.520. The third-order valence-electron chi connectivity index (χ3n) is 2.41. The monoisotopic (exact) mass is 291 g/mol. The van der Waals surface area contributed by atoms with Crippen molar-refractivity contribution in [1.29, 1.82) is 0 Å². The van der Waals surface area contributed by atoms with Crippen LogP contribution in [-0.4, -0.2) is 26.1 Å². The summed E-state index contributed by atoms with van der Waals surface area (Å²) in [6, 6.07) is 4.18. The van der Waals surface area contributed by atoms with Crippen LogP contribution < -0.4 is 5.84 Å². The Morgan fingerprint density at radius 1 is 1.23 bits per heavy atom. The fourth-order valence-electron chi connectivity index (χ4n) is 1.26. The van der Waals surface area contributed by atoms with Crippen LogP contribution in [0.3, 0.4) is 0 Å². The first-order valence-corrected chi connectivity index (χ1v) is 5.26. The Morgan fingerprint density at radius 2 is 1.85 bits per heavy atom. The summed E-state index contributed by atoms with van der Waals surface area (Å²) >= 11 is 1.85. The molecular formula is C10H13N2Te. The van der Waals surface area contributed by atoms with Crippen LogP contribution in [0.25, 0.3) is 0 Å². The van der Waals surface area contributed by atoms with Gasteiger partial charge in [0.15, 0.2) is 0 Å². The number of hydrogen-bond donors (Lipinski definition) is 1. The van der Waals surface area contributed by atoms with Crippen molar-refractivity contribution >= 4 is 26.1 Å². The van der Waals surface area contributed by atoms with Crippen molar-refractivity contribution in [2.75, 3.05) is 0 Å². The first-order chi connectivity index (χ1) is 6.07. The van der Waals surface area contributed by atoms with Crippen molar-refractivity contribution in [3.05, 3.63) is 34.4 Å². The number of aryl methyl sites for hydroxylation is 1. The van der Waals surface area contributed by atoms with Gasteiger partial charge in [-0.15, -0.1) is 0 Å². The molecule has 0 amide bonds. The van der Waals surface area contributed by atoms with Crippen LogP contribution >= 0.6 is 0 Å². The molecule has 1 aromatic rings. The number of hydrazone groups is 1. The number of hydrogen-bond acceptors (Lipinski definition) is 2. The predicted molar refractivity (Wildman–Crippen MR) is 57.1 cm³/mol. The molecule has 0 fully saturated rings. The van der Waals surface area contributed by atoms with Crippen LogP contribution in [-0.2, 0) is 0 Å². The van der Waals surface area contributed by atoms with E-state index in [2.05, 4.69) is 38.0 Å². The topological polar surface area (TPSA) is 38.4 Å². The minimum atomic E-state index is 0.899. The maximum atomic E-state index is 5.25. The van der Waals surface area contributed by atoms with Gasteiger partial charge in [-0.25, -0.2) is 0 Å². The van der Waals surface area contributed by atoms with Crippen molar-refractivity contribution < 1.29 is 0 Å². The van der Waals surface area contributed by atoms with Gasteiger partial charge in [-0.1, -0.05) is 0 Å². The maximum absolute atomic E-state index is 5.25. The van der Waals surface area contributed by atoms with Gasteiger partial charge in [-0.05, 0) is 0 Å². The summed E-state index contributed by atoms with van der Waals surface area (Å²) in [4.78, 5) is 0. The average molecular weight is 289 g/mol. The number of benzene rings is 1. The van der Waals surface area contributed by atoms with Gasteiger partial charge >= 0.3 is 92.2 Å². The molecule has 0 spiro atoms. The normalized spacial score (nSPS) is 11.8. The molecule has 1 rings (SSSR count). The van der Waals surface area contributed by atoms with E-state index in [9.17, 15) is 0 Å². The molecule has 0 aliphatic rings. The molecule has 0 bridgehead atoms. The summed E-state index contributed by atoms with van der Waals surface area (Å²) < 4.78 is 0.899. The van der Waals surface area contributed by atoms with Crippen molar-refractivity contribution in [1.82, 2.24) is 0 Å². The molecule has 2 nitrogen and oxygen atoms in total. The van der Waals surface area contributed by atoms with Crippen LogP contribution in [0.4, 0.5) is 0 Å². The Bertz CT molecular complexity index is 356. The molecule has 2 N–H and O–H groups in total. The molecule has 69 valence electrons. The third kappa shape index (κ3) is 2.04. The van der Waals surface area contributed by atoms with Crippen molar-refractivity contribution in [3.8, 4) is 0 Å². The Balaban J connectivity index is 3.34. The second-order valence-electron chi connectivity index (χ2n) is 3.11. The number of rotatable bonds is 1. The SMILES string of the molecule is Cc1ccc(C([Te])=NN)c(C)c1C. The Labute approximate surface area is 92.1 Å². The molecule has 0 saturated carbocycles. The fourth-order valence-corrected chi connectivity index (χ4v) is 1.89. The average Bonchev–Trinajstić information content (AvgIpc) is 2.13. The van der Waals surface area contributed by atoms with Gasteiger partial charge in [-0.2, -0.15) is 0 Å². The summed E-state index contributed by atoms with van der Waals surface area (Å²) in [6.45, 7) is 6.34. The summed E-state index contributed by atoms with van der Waals surface area (Å²) in [7, 11) is 0. The molecule has 0 atom stereocenters. The first-order valence-electron chi connectivity index (χ1n) is 4.10. The molecule has 0 saturated heterocycles. The van der Waals surface area contributed by atoms with Crippen molar-refractivity contribution in [2.45, 2.75) is 20.8 Å². The standard InChI is InChI=1S/C10H13N2Te/c1-6-4-5-9(10(13)12-11)8(3)7(6)2/h4-5H,11H2,1-3H3. The van der Waals surface area contributed by atoms with Crippen molar-refractivity contribution in [2.24, 2.45) is 10.9 Å². The van der Waals surface area contributed by atoms with E-state index in [-0.39, 0.29) is 0 Å². The molecule has 0 unspecified atom stereocenters. The quantitative estimate of drug-likeness (QED) is 0.361. The van der Waals surface area contributed by atoms with E-state index in [1.54, 1.807) is 0 Å². The van der Waals surface area contributed by atoms with Crippen molar-refractivity contribution in [3.63, 3.8) is 0 Å². The molecule has 0 aliphatic carbocycles. The predicted octanol–water partition coefficient (Wildman–Crippen LogP) is 1.40. The van der Waals surface area contributed by atoms with E-state index in [0.29, 0.717) is 0 Å².